The van der Waals surface area contributed by atoms with Crippen molar-refractivity contribution in [1.82, 2.24) is 24.8 Å². The third-order valence-corrected chi connectivity index (χ3v) is 4.16. The lowest BCUT2D eigenvalue weighted by atomic mass is 10.1. The van der Waals surface area contributed by atoms with Gasteiger partial charge in [0.1, 0.15) is 17.7 Å². The monoisotopic (exact) mass is 368 g/mol. The summed E-state index contributed by atoms with van der Waals surface area (Å²) in [5.41, 5.74) is 2.55. The van der Waals surface area contributed by atoms with E-state index in [0.29, 0.717) is 5.65 Å². The van der Waals surface area contributed by atoms with E-state index in [4.69, 9.17) is 0 Å². The van der Waals surface area contributed by atoms with Crippen molar-refractivity contribution >= 4 is 40.2 Å². The van der Waals surface area contributed by atoms with E-state index >= 15 is 0 Å². The number of aromatic nitrogens is 4. The molecule has 6 nitrogen and oxygen atoms in total. The Morgan fingerprint density at radius 2 is 1.85 bits per heavy atom. The average molecular weight is 369 g/mol. The van der Waals surface area contributed by atoms with Crippen LogP contribution in [0.1, 0.15) is 0 Å². The molecule has 0 amide bonds. The molecule has 7 heteroatoms. The van der Waals surface area contributed by atoms with Gasteiger partial charge in [0.2, 0.25) is 0 Å². The molecular weight excluding hydrogens is 348 g/mol. The summed E-state index contributed by atoms with van der Waals surface area (Å²) >= 11 is 0. The number of nitrogens with zero attached hydrogens (tertiary/aromatic N) is 4. The minimum atomic E-state index is 0. The van der Waals surface area contributed by atoms with Crippen LogP contribution in [0.4, 0.5) is 5.82 Å². The number of likely N-dealkylation sites (N-methyl/N-ethyl adjacent to an activating group) is 1. The number of imidazole rings is 1. The molecule has 0 atom stereocenters. The number of hydrogen-bond donors (Lipinski definition) is 2. The molecule has 0 radical (unpaired) electrons. The first kappa shape index (κ1) is 18.1. The Kier molecular flexibility index (Phi) is 5.35. The summed E-state index contributed by atoms with van der Waals surface area (Å²) in [6.07, 6.45) is 1.55. The number of halogens is 1. The van der Waals surface area contributed by atoms with Crippen molar-refractivity contribution in [3.8, 4) is 11.4 Å². The molecule has 0 unspecified atom stereocenters. The SMILES string of the molecule is CN(C)CCNc1ncnc2nc(-c3ccc4ccccc4c3)[nH]c12.Cl. The second kappa shape index (κ2) is 7.68. The van der Waals surface area contributed by atoms with Gasteiger partial charge in [0.05, 0.1) is 0 Å². The van der Waals surface area contributed by atoms with E-state index in [1.807, 2.05) is 26.2 Å². The number of aromatic amines is 1. The molecule has 0 aliphatic carbocycles. The molecule has 2 heterocycles. The molecule has 0 spiro atoms. The molecule has 0 bridgehead atoms. The molecule has 2 N–H and O–H groups in total. The zero-order chi connectivity index (χ0) is 17.2. The van der Waals surface area contributed by atoms with Gasteiger partial charge in [-0.25, -0.2) is 15.0 Å². The van der Waals surface area contributed by atoms with Crippen LogP contribution in [0.2, 0.25) is 0 Å². The fraction of sp³-hybridized carbons (Fsp3) is 0.211. The molecule has 0 aliphatic heterocycles. The number of H-pyrrole nitrogens is 1. The highest BCUT2D eigenvalue weighted by Crippen LogP contribution is 2.25. The van der Waals surface area contributed by atoms with Crippen molar-refractivity contribution < 1.29 is 0 Å². The first-order chi connectivity index (χ1) is 12.2. The van der Waals surface area contributed by atoms with Crippen LogP contribution >= 0.6 is 12.4 Å². The predicted molar refractivity (Wildman–Crippen MR) is 109 cm³/mol. The molecule has 4 aromatic rings. The minimum Gasteiger partial charge on any atom is -0.367 e. The Balaban J connectivity index is 0.00000196. The van der Waals surface area contributed by atoms with E-state index in [-0.39, 0.29) is 12.4 Å². The maximum Gasteiger partial charge on any atom is 0.183 e. The van der Waals surface area contributed by atoms with Crippen molar-refractivity contribution in [2.24, 2.45) is 0 Å². The van der Waals surface area contributed by atoms with Crippen LogP contribution in [0.25, 0.3) is 33.3 Å². The lowest BCUT2D eigenvalue weighted by Gasteiger charge is -2.10. The molecule has 2 aromatic heterocycles. The van der Waals surface area contributed by atoms with E-state index in [9.17, 15) is 0 Å². The van der Waals surface area contributed by atoms with Gasteiger partial charge in [-0.05, 0) is 30.9 Å². The Bertz CT molecular complexity index is 1030. The van der Waals surface area contributed by atoms with Crippen molar-refractivity contribution in [3.63, 3.8) is 0 Å². The van der Waals surface area contributed by atoms with Crippen LogP contribution in [0.15, 0.2) is 48.8 Å². The largest absolute Gasteiger partial charge is 0.367 e. The van der Waals surface area contributed by atoms with E-state index < -0.39 is 0 Å². The third kappa shape index (κ3) is 3.61. The van der Waals surface area contributed by atoms with Gasteiger partial charge in [0, 0.05) is 18.7 Å². The minimum absolute atomic E-state index is 0. The molecule has 0 saturated carbocycles. The summed E-state index contributed by atoms with van der Waals surface area (Å²) < 4.78 is 0. The molecule has 0 fully saturated rings. The van der Waals surface area contributed by atoms with Gasteiger partial charge < -0.3 is 15.2 Å². The molecular formula is C19H21ClN6. The van der Waals surface area contributed by atoms with Crippen molar-refractivity contribution in [2.75, 3.05) is 32.5 Å². The van der Waals surface area contributed by atoms with Gasteiger partial charge >= 0.3 is 0 Å². The normalized spacial score (nSPS) is 11.0. The first-order valence-electron chi connectivity index (χ1n) is 8.29. The number of anilines is 1. The Hall–Kier alpha value is -2.70. The van der Waals surface area contributed by atoms with Crippen molar-refractivity contribution in [3.05, 3.63) is 48.8 Å². The van der Waals surface area contributed by atoms with Gasteiger partial charge in [0.25, 0.3) is 0 Å². The summed E-state index contributed by atoms with van der Waals surface area (Å²) in [6, 6.07) is 14.6. The molecule has 26 heavy (non-hydrogen) atoms. The second-order valence-corrected chi connectivity index (χ2v) is 6.30. The summed E-state index contributed by atoms with van der Waals surface area (Å²) in [5.74, 6) is 1.59. The molecule has 0 aliphatic rings. The van der Waals surface area contributed by atoms with Crippen LogP contribution < -0.4 is 5.32 Å². The van der Waals surface area contributed by atoms with Crippen LogP contribution in [-0.4, -0.2) is 52.0 Å². The first-order valence-corrected chi connectivity index (χ1v) is 8.29. The van der Waals surface area contributed by atoms with Crippen molar-refractivity contribution in [2.45, 2.75) is 0 Å². The fourth-order valence-corrected chi connectivity index (χ4v) is 2.83. The van der Waals surface area contributed by atoms with Gasteiger partial charge in [-0.15, -0.1) is 12.4 Å². The van der Waals surface area contributed by atoms with Gasteiger partial charge in [-0.1, -0.05) is 36.4 Å². The highest BCUT2D eigenvalue weighted by Gasteiger charge is 2.11. The predicted octanol–water partition coefficient (Wildman–Crippen LogP) is 3.57. The zero-order valence-electron chi connectivity index (χ0n) is 14.7. The van der Waals surface area contributed by atoms with Crippen LogP contribution in [0.5, 0.6) is 0 Å². The standard InChI is InChI=1S/C19H20N6.ClH/c1-25(2)10-9-20-18-16-19(22-12-21-18)24-17(23-16)15-8-7-13-5-3-4-6-14(13)11-15;/h3-8,11-12H,9-10H2,1-2H3,(H2,20,21,22,23,24);1H. The topological polar surface area (TPSA) is 69.7 Å². The van der Waals surface area contributed by atoms with Crippen LogP contribution in [0.3, 0.4) is 0 Å². The number of nitrogens with one attached hydrogen (secondary N) is 2. The highest BCUT2D eigenvalue weighted by molar-refractivity contribution is 5.89. The number of benzene rings is 2. The highest BCUT2D eigenvalue weighted by atomic mass is 35.5. The van der Waals surface area contributed by atoms with Crippen molar-refractivity contribution in [1.29, 1.82) is 0 Å². The molecule has 134 valence electrons. The summed E-state index contributed by atoms with van der Waals surface area (Å²) in [6.45, 7) is 1.74. The van der Waals surface area contributed by atoms with Gasteiger partial charge in [-0.2, -0.15) is 0 Å². The summed E-state index contributed by atoms with van der Waals surface area (Å²) in [5, 5.41) is 5.76. The number of hydrogen-bond acceptors (Lipinski definition) is 5. The fourth-order valence-electron chi connectivity index (χ4n) is 2.83. The Labute approximate surface area is 158 Å². The van der Waals surface area contributed by atoms with Crippen LogP contribution in [0, 0.1) is 0 Å². The van der Waals surface area contributed by atoms with E-state index in [0.717, 1.165) is 35.8 Å². The zero-order valence-corrected chi connectivity index (χ0v) is 15.5. The maximum absolute atomic E-state index is 4.64. The quantitative estimate of drug-likeness (QED) is 0.563. The molecule has 2 aromatic carbocycles. The molecule has 4 rings (SSSR count). The maximum atomic E-state index is 4.64. The van der Waals surface area contributed by atoms with Crippen LogP contribution in [-0.2, 0) is 0 Å². The van der Waals surface area contributed by atoms with Gasteiger partial charge in [0.15, 0.2) is 11.5 Å². The molecule has 0 saturated heterocycles. The third-order valence-electron chi connectivity index (χ3n) is 4.16. The van der Waals surface area contributed by atoms with E-state index in [1.165, 1.54) is 10.8 Å². The van der Waals surface area contributed by atoms with E-state index in [1.54, 1.807) is 6.33 Å². The van der Waals surface area contributed by atoms with Gasteiger partial charge in [-0.3, -0.25) is 0 Å². The Morgan fingerprint density at radius 1 is 1.04 bits per heavy atom. The average Bonchev–Trinajstić information content (AvgIpc) is 3.06. The summed E-state index contributed by atoms with van der Waals surface area (Å²) in [4.78, 5) is 18.8. The lowest BCUT2D eigenvalue weighted by molar-refractivity contribution is 0.425. The lowest BCUT2D eigenvalue weighted by Crippen LogP contribution is -2.21. The number of fused-ring (bicyclic) bond motifs is 2. The second-order valence-electron chi connectivity index (χ2n) is 6.30. The van der Waals surface area contributed by atoms with E-state index in [2.05, 4.69) is 60.5 Å². The number of rotatable bonds is 5. The smallest absolute Gasteiger partial charge is 0.183 e. The summed E-state index contributed by atoms with van der Waals surface area (Å²) in [7, 11) is 4.09. The Morgan fingerprint density at radius 3 is 2.65 bits per heavy atom.